The molecule has 0 aliphatic heterocycles. The summed E-state index contributed by atoms with van der Waals surface area (Å²) in [6.45, 7) is 7.40. The number of Topliss-reactive ketones (excluding diaryl/α,β-unsaturated/α-hetero) is 1. The molecule has 0 radical (unpaired) electrons. The van der Waals surface area contributed by atoms with Crippen molar-refractivity contribution in [2.75, 3.05) is 13.2 Å². The van der Waals surface area contributed by atoms with E-state index in [1.165, 1.54) is 5.56 Å². The average Bonchev–Trinajstić information content (AvgIpc) is 2.28. The van der Waals surface area contributed by atoms with Gasteiger partial charge in [0.1, 0.15) is 0 Å². The molecule has 0 aliphatic carbocycles. The van der Waals surface area contributed by atoms with Gasteiger partial charge in [-0.25, -0.2) is 0 Å². The van der Waals surface area contributed by atoms with Crippen LogP contribution in [0, 0.1) is 13.8 Å². The van der Waals surface area contributed by atoms with Crippen LogP contribution in [0.15, 0.2) is 18.2 Å². The van der Waals surface area contributed by atoms with Crippen molar-refractivity contribution in [1.82, 2.24) is 0 Å². The molecule has 16 heavy (non-hydrogen) atoms. The SMILES string of the molecule is CCOCCCC(=O)c1cccc(C)c1C. The Morgan fingerprint density at radius 2 is 2.06 bits per heavy atom. The van der Waals surface area contributed by atoms with Crippen molar-refractivity contribution >= 4 is 5.78 Å². The van der Waals surface area contributed by atoms with Crippen LogP contribution in [0.1, 0.15) is 41.3 Å². The fourth-order valence-corrected chi connectivity index (χ4v) is 1.67. The molecule has 0 saturated carbocycles. The van der Waals surface area contributed by atoms with Crippen LogP contribution < -0.4 is 0 Å². The predicted molar refractivity (Wildman–Crippen MR) is 66.0 cm³/mol. The van der Waals surface area contributed by atoms with E-state index in [1.807, 2.05) is 39.0 Å². The minimum Gasteiger partial charge on any atom is -0.382 e. The molecule has 0 bridgehead atoms. The van der Waals surface area contributed by atoms with Gasteiger partial charge in [0.15, 0.2) is 5.78 Å². The Balaban J connectivity index is 2.56. The number of carbonyl (C=O) groups excluding carboxylic acids is 1. The zero-order chi connectivity index (χ0) is 12.0. The van der Waals surface area contributed by atoms with Gasteiger partial charge in [0.2, 0.25) is 0 Å². The highest BCUT2D eigenvalue weighted by Gasteiger charge is 2.09. The summed E-state index contributed by atoms with van der Waals surface area (Å²) in [4.78, 5) is 11.9. The maximum Gasteiger partial charge on any atom is 0.163 e. The quantitative estimate of drug-likeness (QED) is 0.543. The highest BCUT2D eigenvalue weighted by Crippen LogP contribution is 2.15. The molecule has 0 fully saturated rings. The Morgan fingerprint density at radius 1 is 1.31 bits per heavy atom. The van der Waals surface area contributed by atoms with E-state index in [2.05, 4.69) is 0 Å². The van der Waals surface area contributed by atoms with E-state index in [-0.39, 0.29) is 5.78 Å². The van der Waals surface area contributed by atoms with Crippen molar-refractivity contribution in [3.8, 4) is 0 Å². The Bertz CT molecular complexity index is 356. The molecule has 0 atom stereocenters. The van der Waals surface area contributed by atoms with Crippen LogP contribution in [-0.2, 0) is 4.74 Å². The molecular formula is C14H20O2. The van der Waals surface area contributed by atoms with Gasteiger partial charge in [-0.15, -0.1) is 0 Å². The van der Waals surface area contributed by atoms with E-state index < -0.39 is 0 Å². The van der Waals surface area contributed by atoms with Gasteiger partial charge < -0.3 is 4.74 Å². The van der Waals surface area contributed by atoms with E-state index in [4.69, 9.17) is 4.74 Å². The molecule has 1 aromatic carbocycles. The molecule has 88 valence electrons. The lowest BCUT2D eigenvalue weighted by atomic mass is 9.98. The minimum atomic E-state index is 0.223. The first kappa shape index (κ1) is 12.9. The van der Waals surface area contributed by atoms with Crippen LogP contribution in [0.4, 0.5) is 0 Å². The lowest BCUT2D eigenvalue weighted by Crippen LogP contribution is -2.05. The minimum absolute atomic E-state index is 0.223. The molecule has 0 aromatic heterocycles. The molecule has 0 heterocycles. The Hall–Kier alpha value is -1.15. The summed E-state index contributed by atoms with van der Waals surface area (Å²) in [6, 6.07) is 5.88. The van der Waals surface area contributed by atoms with Crippen molar-refractivity contribution in [2.45, 2.75) is 33.6 Å². The predicted octanol–water partition coefficient (Wildman–Crippen LogP) is 3.30. The summed E-state index contributed by atoms with van der Waals surface area (Å²) in [5, 5.41) is 0. The second-order valence-electron chi connectivity index (χ2n) is 3.97. The van der Waals surface area contributed by atoms with Crippen LogP contribution >= 0.6 is 0 Å². The molecular weight excluding hydrogens is 200 g/mol. The third kappa shape index (κ3) is 3.46. The lowest BCUT2D eigenvalue weighted by Gasteiger charge is -2.07. The lowest BCUT2D eigenvalue weighted by molar-refractivity contribution is 0.0946. The van der Waals surface area contributed by atoms with Gasteiger partial charge in [-0.3, -0.25) is 4.79 Å². The van der Waals surface area contributed by atoms with Crippen molar-refractivity contribution in [2.24, 2.45) is 0 Å². The van der Waals surface area contributed by atoms with Crippen LogP contribution in [0.3, 0.4) is 0 Å². The topological polar surface area (TPSA) is 26.3 Å². The summed E-state index contributed by atoms with van der Waals surface area (Å²) in [7, 11) is 0. The highest BCUT2D eigenvalue weighted by atomic mass is 16.5. The highest BCUT2D eigenvalue weighted by molar-refractivity contribution is 5.97. The Labute approximate surface area is 97.6 Å². The summed E-state index contributed by atoms with van der Waals surface area (Å²) in [6.07, 6.45) is 1.38. The van der Waals surface area contributed by atoms with Gasteiger partial charge in [0, 0.05) is 25.2 Å². The van der Waals surface area contributed by atoms with Gasteiger partial charge in [0.05, 0.1) is 0 Å². The number of carbonyl (C=O) groups is 1. The van der Waals surface area contributed by atoms with E-state index in [0.717, 1.165) is 24.2 Å². The van der Waals surface area contributed by atoms with Crippen LogP contribution in [0.5, 0.6) is 0 Å². The summed E-state index contributed by atoms with van der Waals surface area (Å²) in [5.41, 5.74) is 3.14. The number of aryl methyl sites for hydroxylation is 1. The molecule has 0 spiro atoms. The van der Waals surface area contributed by atoms with Crippen molar-refractivity contribution in [1.29, 1.82) is 0 Å². The number of benzene rings is 1. The van der Waals surface area contributed by atoms with E-state index in [9.17, 15) is 4.79 Å². The standard InChI is InChI=1S/C14H20O2/c1-4-16-10-6-9-14(15)13-8-5-7-11(2)12(13)3/h5,7-8H,4,6,9-10H2,1-3H3. The van der Waals surface area contributed by atoms with E-state index >= 15 is 0 Å². The van der Waals surface area contributed by atoms with Crippen molar-refractivity contribution in [3.05, 3.63) is 34.9 Å². The molecule has 0 amide bonds. The molecule has 0 aliphatic rings. The summed E-state index contributed by atoms with van der Waals surface area (Å²) in [5.74, 6) is 0.223. The molecule has 0 N–H and O–H groups in total. The number of hydrogen-bond donors (Lipinski definition) is 0. The maximum absolute atomic E-state index is 11.9. The molecule has 2 heteroatoms. The molecule has 1 rings (SSSR count). The first-order chi connectivity index (χ1) is 7.66. The van der Waals surface area contributed by atoms with Gasteiger partial charge in [-0.2, -0.15) is 0 Å². The fourth-order valence-electron chi connectivity index (χ4n) is 1.67. The van der Waals surface area contributed by atoms with Crippen molar-refractivity contribution in [3.63, 3.8) is 0 Å². The van der Waals surface area contributed by atoms with Crippen LogP contribution in [-0.4, -0.2) is 19.0 Å². The first-order valence-corrected chi connectivity index (χ1v) is 5.84. The van der Waals surface area contributed by atoms with Crippen LogP contribution in [0.25, 0.3) is 0 Å². The maximum atomic E-state index is 11.9. The monoisotopic (exact) mass is 220 g/mol. The molecule has 0 unspecified atom stereocenters. The smallest absolute Gasteiger partial charge is 0.163 e. The zero-order valence-corrected chi connectivity index (χ0v) is 10.4. The molecule has 2 nitrogen and oxygen atoms in total. The number of hydrogen-bond acceptors (Lipinski definition) is 2. The number of ketones is 1. The normalized spacial score (nSPS) is 10.4. The van der Waals surface area contributed by atoms with Gasteiger partial charge in [-0.05, 0) is 38.3 Å². The summed E-state index contributed by atoms with van der Waals surface area (Å²) < 4.78 is 5.22. The Kier molecular flexibility index (Phi) is 5.20. The molecule has 1 aromatic rings. The van der Waals surface area contributed by atoms with Crippen molar-refractivity contribution < 1.29 is 9.53 Å². The third-order valence-corrected chi connectivity index (χ3v) is 2.80. The van der Waals surface area contributed by atoms with Gasteiger partial charge in [-0.1, -0.05) is 18.2 Å². The first-order valence-electron chi connectivity index (χ1n) is 5.84. The summed E-state index contributed by atoms with van der Waals surface area (Å²) >= 11 is 0. The van der Waals surface area contributed by atoms with Crippen LogP contribution in [0.2, 0.25) is 0 Å². The number of ether oxygens (including phenoxy) is 1. The van der Waals surface area contributed by atoms with Gasteiger partial charge >= 0.3 is 0 Å². The second kappa shape index (κ2) is 6.44. The van der Waals surface area contributed by atoms with E-state index in [1.54, 1.807) is 0 Å². The van der Waals surface area contributed by atoms with E-state index in [0.29, 0.717) is 13.0 Å². The third-order valence-electron chi connectivity index (χ3n) is 2.80. The fraction of sp³-hybridized carbons (Fsp3) is 0.500. The second-order valence-corrected chi connectivity index (χ2v) is 3.97. The largest absolute Gasteiger partial charge is 0.382 e. The average molecular weight is 220 g/mol. The number of rotatable bonds is 6. The van der Waals surface area contributed by atoms with Gasteiger partial charge in [0.25, 0.3) is 0 Å². The molecule has 0 saturated heterocycles. The zero-order valence-electron chi connectivity index (χ0n) is 10.4. The Morgan fingerprint density at radius 3 is 2.75 bits per heavy atom.